The van der Waals surface area contributed by atoms with Gasteiger partial charge in [-0.1, -0.05) is 0 Å². The molecule has 1 aromatic rings. The number of amides is 1. The number of aromatic nitrogens is 2. The van der Waals surface area contributed by atoms with Crippen LogP contribution in [-0.4, -0.2) is 48.8 Å². The fourth-order valence-corrected chi connectivity index (χ4v) is 1.68. The Bertz CT molecular complexity index is 613. The first-order valence-electron chi connectivity index (χ1n) is 5.47. The van der Waals surface area contributed by atoms with Gasteiger partial charge >= 0.3 is 12.0 Å². The molecule has 1 atom stereocenters. The predicted octanol–water partition coefficient (Wildman–Crippen LogP) is 0.260. The first-order valence-corrected chi connectivity index (χ1v) is 5.47. The van der Waals surface area contributed by atoms with Gasteiger partial charge in [-0.3, -0.25) is 4.79 Å². The van der Waals surface area contributed by atoms with E-state index in [2.05, 4.69) is 10.2 Å². The molecular weight excluding hydrogens is 299 g/mol. The second kappa shape index (κ2) is 4.80. The van der Waals surface area contributed by atoms with Gasteiger partial charge in [0, 0.05) is 12.6 Å². The van der Waals surface area contributed by atoms with E-state index in [1.807, 2.05) is 0 Å². The normalized spacial score (nSPS) is 21.8. The SMILES string of the molecule is O=C(Cn1ccc([N+](=O)[O-])n1)N1N=CC[C@]1(O)C(F)(F)F. The molecular formula is C9H8F3N5O4. The molecule has 0 saturated carbocycles. The molecule has 1 N–H and O–H groups in total. The van der Waals surface area contributed by atoms with Crippen LogP contribution in [0.3, 0.4) is 0 Å². The van der Waals surface area contributed by atoms with Gasteiger partial charge in [0.15, 0.2) is 0 Å². The van der Waals surface area contributed by atoms with Gasteiger partial charge < -0.3 is 15.2 Å². The van der Waals surface area contributed by atoms with Crippen molar-refractivity contribution in [3.8, 4) is 0 Å². The molecule has 0 radical (unpaired) electrons. The number of nitro groups is 1. The monoisotopic (exact) mass is 307 g/mol. The Balaban J connectivity index is 2.16. The van der Waals surface area contributed by atoms with Gasteiger partial charge in [0.25, 0.3) is 11.6 Å². The van der Waals surface area contributed by atoms with Gasteiger partial charge in [0.1, 0.15) is 6.54 Å². The first kappa shape index (κ1) is 14.9. The summed E-state index contributed by atoms with van der Waals surface area (Å²) >= 11 is 0. The smallest absolute Gasteiger partial charge is 0.362 e. The van der Waals surface area contributed by atoms with E-state index in [-0.39, 0.29) is 5.01 Å². The number of hydrogen-bond donors (Lipinski definition) is 1. The van der Waals surface area contributed by atoms with Crippen molar-refractivity contribution in [1.29, 1.82) is 0 Å². The third-order valence-corrected chi connectivity index (χ3v) is 2.72. The van der Waals surface area contributed by atoms with Gasteiger partial charge in [-0.05, 0) is 4.92 Å². The van der Waals surface area contributed by atoms with E-state index in [1.165, 1.54) is 0 Å². The Morgan fingerprint density at radius 2 is 2.24 bits per heavy atom. The lowest BCUT2D eigenvalue weighted by atomic mass is 10.1. The van der Waals surface area contributed by atoms with E-state index < -0.39 is 41.5 Å². The molecule has 2 rings (SSSR count). The zero-order valence-corrected chi connectivity index (χ0v) is 10.2. The number of carbonyl (C=O) groups is 1. The van der Waals surface area contributed by atoms with Crippen LogP contribution in [0.15, 0.2) is 17.4 Å². The number of halogens is 3. The van der Waals surface area contributed by atoms with E-state index >= 15 is 0 Å². The topological polar surface area (TPSA) is 114 Å². The summed E-state index contributed by atoms with van der Waals surface area (Å²) in [5.74, 6) is -1.76. The van der Waals surface area contributed by atoms with Crippen molar-refractivity contribution in [2.75, 3.05) is 0 Å². The molecule has 21 heavy (non-hydrogen) atoms. The zero-order valence-electron chi connectivity index (χ0n) is 10.2. The molecule has 12 heteroatoms. The van der Waals surface area contributed by atoms with Gasteiger partial charge in [0.05, 0.1) is 17.4 Å². The molecule has 1 aliphatic heterocycles. The summed E-state index contributed by atoms with van der Waals surface area (Å²) in [6.45, 7) is -0.733. The third kappa shape index (κ3) is 2.56. The van der Waals surface area contributed by atoms with Gasteiger partial charge in [-0.15, -0.1) is 0 Å². The fraction of sp³-hybridized carbons (Fsp3) is 0.444. The second-order valence-electron chi connectivity index (χ2n) is 4.15. The summed E-state index contributed by atoms with van der Waals surface area (Å²) < 4.78 is 39.1. The van der Waals surface area contributed by atoms with E-state index in [9.17, 15) is 33.2 Å². The van der Waals surface area contributed by atoms with Crippen LogP contribution in [0, 0.1) is 10.1 Å². The van der Waals surface area contributed by atoms with Crippen LogP contribution in [0.25, 0.3) is 0 Å². The Hall–Kier alpha value is -2.50. The second-order valence-corrected chi connectivity index (χ2v) is 4.15. The van der Waals surface area contributed by atoms with Crippen LogP contribution in [0.2, 0.25) is 0 Å². The quantitative estimate of drug-likeness (QED) is 0.635. The van der Waals surface area contributed by atoms with Crippen LogP contribution in [0.5, 0.6) is 0 Å². The minimum absolute atomic E-state index is 0.0967. The van der Waals surface area contributed by atoms with Crippen LogP contribution in [-0.2, 0) is 11.3 Å². The maximum Gasteiger partial charge on any atom is 0.438 e. The van der Waals surface area contributed by atoms with Crippen molar-refractivity contribution in [3.05, 3.63) is 22.4 Å². The standard InChI is InChI=1S/C9H8F3N5O4/c10-9(11,12)8(19)2-3-13-16(8)7(18)5-15-4-1-6(14-15)17(20)21/h1,3-4,19H,2,5H2/t8-/m0/s1. The summed E-state index contributed by atoms with van der Waals surface area (Å²) in [4.78, 5) is 21.4. The number of nitrogens with zero attached hydrogens (tertiary/aromatic N) is 5. The van der Waals surface area contributed by atoms with Crippen LogP contribution < -0.4 is 0 Å². The summed E-state index contributed by atoms with van der Waals surface area (Å²) in [6.07, 6.45) is -4.16. The highest BCUT2D eigenvalue weighted by Gasteiger charge is 2.61. The highest BCUT2D eigenvalue weighted by atomic mass is 19.4. The van der Waals surface area contributed by atoms with E-state index in [0.29, 0.717) is 0 Å². The van der Waals surface area contributed by atoms with Gasteiger partial charge in [-0.25, -0.2) is 0 Å². The van der Waals surface area contributed by atoms with Crippen molar-refractivity contribution >= 4 is 17.9 Å². The maximum absolute atomic E-state index is 12.8. The zero-order chi connectivity index (χ0) is 15.8. The number of hydrogen-bond acceptors (Lipinski definition) is 6. The molecule has 0 aliphatic carbocycles. The van der Waals surface area contributed by atoms with Crippen molar-refractivity contribution in [2.24, 2.45) is 5.10 Å². The lowest BCUT2D eigenvalue weighted by Gasteiger charge is -2.32. The molecule has 0 saturated heterocycles. The van der Waals surface area contributed by atoms with E-state index in [4.69, 9.17) is 0 Å². The van der Waals surface area contributed by atoms with Crippen molar-refractivity contribution in [3.63, 3.8) is 0 Å². The summed E-state index contributed by atoms with van der Waals surface area (Å²) in [5, 5.41) is 26.5. The molecule has 0 unspecified atom stereocenters. The van der Waals surface area contributed by atoms with Crippen molar-refractivity contribution in [1.82, 2.24) is 14.8 Å². The van der Waals surface area contributed by atoms with Crippen LogP contribution in [0.4, 0.5) is 19.0 Å². The van der Waals surface area contributed by atoms with Gasteiger partial charge in [-0.2, -0.15) is 28.0 Å². The molecule has 2 heterocycles. The average Bonchev–Trinajstić information content (AvgIpc) is 2.95. The van der Waals surface area contributed by atoms with Crippen LogP contribution >= 0.6 is 0 Å². The number of hydrazone groups is 1. The lowest BCUT2D eigenvalue weighted by Crippen LogP contribution is -2.57. The van der Waals surface area contributed by atoms with Crippen LogP contribution in [0.1, 0.15) is 6.42 Å². The molecule has 0 bridgehead atoms. The fourth-order valence-electron chi connectivity index (χ4n) is 1.68. The number of alkyl halides is 3. The summed E-state index contributed by atoms with van der Waals surface area (Å²) in [6, 6.07) is 0.983. The predicted molar refractivity (Wildman–Crippen MR) is 59.8 cm³/mol. The Morgan fingerprint density at radius 3 is 2.76 bits per heavy atom. The highest BCUT2D eigenvalue weighted by molar-refractivity contribution is 5.80. The molecule has 9 nitrogen and oxygen atoms in total. The molecule has 1 amide bonds. The number of aliphatic hydroxyl groups is 1. The van der Waals surface area contributed by atoms with Gasteiger partial charge in [0.2, 0.25) is 0 Å². The summed E-state index contributed by atoms with van der Waals surface area (Å²) in [5.41, 5.74) is -3.41. The Kier molecular flexibility index (Phi) is 3.41. The van der Waals surface area contributed by atoms with E-state index in [1.54, 1.807) is 0 Å². The minimum Gasteiger partial charge on any atom is -0.362 e. The molecule has 1 aromatic heterocycles. The maximum atomic E-state index is 12.8. The average molecular weight is 307 g/mol. The van der Waals surface area contributed by atoms with Crippen molar-refractivity contribution < 1.29 is 28.0 Å². The number of rotatable bonds is 3. The molecule has 1 aliphatic rings. The minimum atomic E-state index is -5.09. The Labute approximate surface area is 114 Å². The number of carbonyl (C=O) groups excluding carboxylic acids is 1. The molecule has 0 spiro atoms. The summed E-state index contributed by atoms with van der Waals surface area (Å²) in [7, 11) is 0. The lowest BCUT2D eigenvalue weighted by molar-refractivity contribution is -0.389. The molecule has 0 aromatic carbocycles. The molecule has 114 valence electrons. The van der Waals surface area contributed by atoms with Crippen molar-refractivity contribution in [2.45, 2.75) is 24.9 Å². The largest absolute Gasteiger partial charge is 0.438 e. The van der Waals surface area contributed by atoms with E-state index in [0.717, 1.165) is 23.2 Å². The molecule has 0 fully saturated rings. The Morgan fingerprint density at radius 1 is 1.57 bits per heavy atom. The highest BCUT2D eigenvalue weighted by Crippen LogP contribution is 2.38. The first-order chi connectivity index (χ1) is 9.65. The third-order valence-electron chi connectivity index (χ3n) is 2.72.